The van der Waals surface area contributed by atoms with Crippen LogP contribution in [0.1, 0.15) is 33.6 Å². The fourth-order valence-electron chi connectivity index (χ4n) is 2.21. The molecular weight excluding hydrogens is 360 g/mol. The van der Waals surface area contributed by atoms with E-state index in [1.165, 1.54) is 0 Å². The lowest BCUT2D eigenvalue weighted by Crippen LogP contribution is -2.49. The van der Waals surface area contributed by atoms with Gasteiger partial charge in [-0.25, -0.2) is 0 Å². The Bertz CT molecular complexity index is 346. The quantitative estimate of drug-likeness (QED) is 0.309. The first kappa shape index (κ1) is 24.0. The van der Waals surface area contributed by atoms with Gasteiger partial charge in [0.05, 0.1) is 0 Å². The van der Waals surface area contributed by atoms with E-state index in [0.717, 1.165) is 0 Å². The van der Waals surface area contributed by atoms with Crippen LogP contribution in [0.15, 0.2) is 0 Å². The second-order valence-electron chi connectivity index (χ2n) is 6.95. The molecule has 0 amide bonds. The monoisotopic (exact) mass is 392 g/mol. The van der Waals surface area contributed by atoms with E-state index in [1.54, 1.807) is 20.8 Å². The highest BCUT2D eigenvalue weighted by atomic mass is 28.4. The number of hydrogen-bond donors (Lipinski definition) is 0. The van der Waals surface area contributed by atoms with E-state index in [2.05, 4.69) is 0 Å². The largest absolute Gasteiger partial charge is 0.501 e. The lowest BCUT2D eigenvalue weighted by Gasteiger charge is -2.32. The maximum atomic E-state index is 14.1. The normalized spacial score (nSPS) is 14.2. The molecule has 0 radical (unpaired) electrons. The number of hydrogen-bond acceptors (Lipinski definition) is 3. The van der Waals surface area contributed by atoms with Gasteiger partial charge in [0, 0.05) is 46.8 Å². The van der Waals surface area contributed by atoms with Crippen LogP contribution in [0.25, 0.3) is 0 Å². The highest BCUT2D eigenvalue weighted by molar-refractivity contribution is 6.76. The highest BCUT2D eigenvalue weighted by Crippen LogP contribution is 2.43. The molecule has 0 bridgehead atoms. The standard InChI is InChI=1S/C15H32F4O3Si2/c1-7-20-24(21-8-2,22-9-3)13-11-15(18,19)14(16,17)10-12-23(4,5)6/h7-13H2,1-6H3. The molecule has 0 aliphatic heterocycles. The molecule has 0 aliphatic carbocycles. The zero-order valence-electron chi connectivity index (χ0n) is 15.7. The molecule has 146 valence electrons. The van der Waals surface area contributed by atoms with Gasteiger partial charge in [-0.3, -0.25) is 0 Å². The second kappa shape index (κ2) is 9.65. The summed E-state index contributed by atoms with van der Waals surface area (Å²) in [5.41, 5.74) is 0. The molecule has 9 heteroatoms. The molecule has 0 fully saturated rings. The Hall–Kier alpha value is 0.0338. The van der Waals surface area contributed by atoms with Gasteiger partial charge in [-0.15, -0.1) is 0 Å². The molecule has 0 rings (SSSR count). The molecule has 0 saturated heterocycles. The number of alkyl halides is 4. The van der Waals surface area contributed by atoms with Crippen molar-refractivity contribution in [2.45, 2.75) is 77.2 Å². The summed E-state index contributed by atoms with van der Waals surface area (Å²) in [7, 11) is -5.17. The van der Waals surface area contributed by atoms with Crippen molar-refractivity contribution >= 4 is 16.9 Å². The van der Waals surface area contributed by atoms with Gasteiger partial charge < -0.3 is 13.3 Å². The van der Waals surface area contributed by atoms with Crippen LogP contribution in [0.2, 0.25) is 31.7 Å². The fourth-order valence-corrected chi connectivity index (χ4v) is 5.90. The molecule has 0 aliphatic rings. The summed E-state index contributed by atoms with van der Waals surface area (Å²) in [5.74, 6) is -8.13. The first-order valence-corrected chi connectivity index (χ1v) is 14.2. The molecule has 0 N–H and O–H groups in total. The van der Waals surface area contributed by atoms with Crippen LogP contribution in [-0.2, 0) is 13.3 Å². The van der Waals surface area contributed by atoms with E-state index in [-0.39, 0.29) is 31.9 Å². The molecule has 0 aromatic heterocycles. The Morgan fingerprint density at radius 2 is 1.00 bits per heavy atom. The maximum Gasteiger partial charge on any atom is 0.501 e. The van der Waals surface area contributed by atoms with Gasteiger partial charge in [0.15, 0.2) is 0 Å². The molecule has 0 aromatic carbocycles. The number of halogens is 4. The Labute approximate surface area is 145 Å². The zero-order chi connectivity index (χ0) is 19.1. The molecule has 24 heavy (non-hydrogen) atoms. The minimum Gasteiger partial charge on any atom is -0.374 e. The van der Waals surface area contributed by atoms with Gasteiger partial charge in [0.25, 0.3) is 0 Å². The summed E-state index contributed by atoms with van der Waals surface area (Å²) in [4.78, 5) is 0. The average molecular weight is 393 g/mol. The fraction of sp³-hybridized carbons (Fsp3) is 1.00. The van der Waals surface area contributed by atoms with Crippen molar-refractivity contribution in [3.63, 3.8) is 0 Å². The van der Waals surface area contributed by atoms with Crippen molar-refractivity contribution < 1.29 is 30.8 Å². The molecular formula is C15H32F4O3Si2. The predicted molar refractivity (Wildman–Crippen MR) is 92.7 cm³/mol. The van der Waals surface area contributed by atoms with Crippen molar-refractivity contribution in [3.05, 3.63) is 0 Å². The van der Waals surface area contributed by atoms with Crippen LogP contribution < -0.4 is 0 Å². The summed E-state index contributed by atoms with van der Waals surface area (Å²) in [6.07, 6.45) is -1.79. The third-order valence-corrected chi connectivity index (χ3v) is 8.36. The van der Waals surface area contributed by atoms with Crippen LogP contribution >= 0.6 is 0 Å². The third kappa shape index (κ3) is 7.94. The van der Waals surface area contributed by atoms with Crippen molar-refractivity contribution in [1.82, 2.24) is 0 Å². The average Bonchev–Trinajstić information content (AvgIpc) is 2.43. The van der Waals surface area contributed by atoms with Crippen LogP contribution in [0.4, 0.5) is 17.6 Å². The Morgan fingerprint density at radius 1 is 0.667 bits per heavy atom. The van der Waals surface area contributed by atoms with Crippen LogP contribution in [-0.4, -0.2) is 48.5 Å². The van der Waals surface area contributed by atoms with Crippen molar-refractivity contribution in [1.29, 1.82) is 0 Å². The van der Waals surface area contributed by atoms with Gasteiger partial charge in [-0.2, -0.15) is 17.6 Å². The SMILES string of the molecule is CCO[Si](CCC(F)(F)C(F)(F)CC[Si](C)(C)C)(OCC)OCC. The van der Waals surface area contributed by atoms with Crippen LogP contribution in [0.5, 0.6) is 0 Å². The van der Waals surface area contributed by atoms with E-state index in [4.69, 9.17) is 13.3 Å². The minimum atomic E-state index is -4.10. The number of rotatable bonds is 13. The van der Waals surface area contributed by atoms with Gasteiger partial charge in [-0.1, -0.05) is 25.7 Å². The summed E-state index contributed by atoms with van der Waals surface area (Å²) < 4.78 is 72.7. The Morgan fingerprint density at radius 3 is 1.29 bits per heavy atom. The lowest BCUT2D eigenvalue weighted by atomic mass is 10.1. The van der Waals surface area contributed by atoms with E-state index in [1.807, 2.05) is 19.6 Å². The van der Waals surface area contributed by atoms with Gasteiger partial charge in [0.1, 0.15) is 0 Å². The smallest absolute Gasteiger partial charge is 0.374 e. The topological polar surface area (TPSA) is 27.7 Å². The third-order valence-electron chi connectivity index (χ3n) is 3.56. The van der Waals surface area contributed by atoms with Gasteiger partial charge in [0.2, 0.25) is 0 Å². The lowest BCUT2D eigenvalue weighted by molar-refractivity contribution is -0.211. The summed E-state index contributed by atoms with van der Waals surface area (Å²) in [6, 6.07) is -0.168. The second-order valence-corrected chi connectivity index (χ2v) is 15.3. The molecule has 0 spiro atoms. The van der Waals surface area contributed by atoms with E-state index in [9.17, 15) is 17.6 Å². The summed E-state index contributed by atoms with van der Waals surface area (Å²) in [5, 5.41) is 0. The Kier molecular flexibility index (Phi) is 9.67. The minimum absolute atomic E-state index is 0.153. The molecule has 3 nitrogen and oxygen atoms in total. The van der Waals surface area contributed by atoms with E-state index in [0.29, 0.717) is 0 Å². The van der Waals surface area contributed by atoms with Crippen LogP contribution in [0, 0.1) is 0 Å². The van der Waals surface area contributed by atoms with Crippen molar-refractivity contribution in [3.8, 4) is 0 Å². The molecule has 0 unspecified atom stereocenters. The van der Waals surface area contributed by atoms with E-state index >= 15 is 0 Å². The van der Waals surface area contributed by atoms with Gasteiger partial charge >= 0.3 is 20.6 Å². The summed E-state index contributed by atoms with van der Waals surface area (Å²) >= 11 is 0. The molecule has 0 atom stereocenters. The molecule has 0 aromatic rings. The van der Waals surface area contributed by atoms with E-state index < -0.39 is 41.6 Å². The maximum absolute atomic E-state index is 14.1. The predicted octanol–water partition coefficient (Wildman–Crippen LogP) is 5.42. The van der Waals surface area contributed by atoms with Gasteiger partial charge in [-0.05, 0) is 20.8 Å². The summed E-state index contributed by atoms with van der Waals surface area (Å²) in [6.45, 7) is 11.4. The van der Waals surface area contributed by atoms with Crippen molar-refractivity contribution in [2.24, 2.45) is 0 Å². The zero-order valence-corrected chi connectivity index (χ0v) is 17.7. The molecule has 0 heterocycles. The van der Waals surface area contributed by atoms with Crippen LogP contribution in [0.3, 0.4) is 0 Å². The molecule has 0 saturated carbocycles. The highest BCUT2D eigenvalue weighted by Gasteiger charge is 2.57. The Balaban J connectivity index is 5.02. The first-order valence-electron chi connectivity index (χ1n) is 8.52. The first-order chi connectivity index (χ1) is 10.8. The van der Waals surface area contributed by atoms with Crippen molar-refractivity contribution in [2.75, 3.05) is 19.8 Å².